The third kappa shape index (κ3) is 2.55. The topological polar surface area (TPSA) is 50.4 Å². The van der Waals surface area contributed by atoms with Gasteiger partial charge in [0, 0.05) is 18.2 Å². The molecule has 2 fully saturated rings. The van der Waals surface area contributed by atoms with Crippen molar-refractivity contribution in [1.29, 1.82) is 0 Å². The van der Waals surface area contributed by atoms with Gasteiger partial charge in [-0.15, -0.1) is 0 Å². The molecule has 98 valence electrons. The Hall–Kier alpha value is -0.970. The first-order valence-corrected chi connectivity index (χ1v) is 7.71. The molecule has 18 heavy (non-hydrogen) atoms. The molecule has 1 aromatic heterocycles. The standard InChI is InChI=1S/C13H19N3OS/c1-2-10-6-14-12(17-10)7-15-13-16-11-5-3-4-9(11)8-18-13/h6,9,11H,2-5,7-8H2,1H3,(H,15,16). The maximum Gasteiger partial charge on any atom is 0.216 e. The number of thioether (sulfide) groups is 1. The molecule has 3 rings (SSSR count). The summed E-state index contributed by atoms with van der Waals surface area (Å²) in [7, 11) is 0. The van der Waals surface area contributed by atoms with Crippen LogP contribution in [0.5, 0.6) is 0 Å². The van der Waals surface area contributed by atoms with Crippen LogP contribution >= 0.6 is 11.8 Å². The average molecular weight is 265 g/mol. The van der Waals surface area contributed by atoms with Crippen molar-refractivity contribution in [3.05, 3.63) is 17.8 Å². The molecule has 1 N–H and O–H groups in total. The number of nitrogens with one attached hydrogen (secondary N) is 1. The van der Waals surface area contributed by atoms with Crippen LogP contribution in [0.15, 0.2) is 15.6 Å². The summed E-state index contributed by atoms with van der Waals surface area (Å²) in [5, 5.41) is 4.61. The molecule has 0 radical (unpaired) electrons. The highest BCUT2D eigenvalue weighted by Gasteiger charge is 2.31. The molecular weight excluding hydrogens is 246 g/mol. The zero-order valence-corrected chi connectivity index (χ0v) is 11.5. The second-order valence-corrected chi connectivity index (χ2v) is 5.96. The molecule has 2 aliphatic rings. The summed E-state index contributed by atoms with van der Waals surface area (Å²) in [5.41, 5.74) is 0. The van der Waals surface area contributed by atoms with Gasteiger partial charge in [0.1, 0.15) is 12.3 Å². The van der Waals surface area contributed by atoms with E-state index in [-0.39, 0.29) is 0 Å². The van der Waals surface area contributed by atoms with E-state index < -0.39 is 0 Å². The highest BCUT2D eigenvalue weighted by molar-refractivity contribution is 8.13. The molecule has 1 aliphatic heterocycles. The molecule has 0 amide bonds. The van der Waals surface area contributed by atoms with Crippen LogP contribution < -0.4 is 5.32 Å². The Morgan fingerprint density at radius 3 is 3.33 bits per heavy atom. The monoisotopic (exact) mass is 265 g/mol. The Morgan fingerprint density at radius 1 is 1.56 bits per heavy atom. The van der Waals surface area contributed by atoms with Gasteiger partial charge in [-0.3, -0.25) is 4.99 Å². The number of fused-ring (bicyclic) bond motifs is 1. The molecule has 0 aromatic carbocycles. The van der Waals surface area contributed by atoms with Crippen LogP contribution in [0.1, 0.15) is 37.8 Å². The Bertz CT molecular complexity index is 443. The van der Waals surface area contributed by atoms with Crippen LogP contribution in [0.3, 0.4) is 0 Å². The fourth-order valence-electron chi connectivity index (χ4n) is 2.63. The normalized spacial score (nSPS) is 29.3. The number of nitrogens with zero attached hydrogens (tertiary/aromatic N) is 2. The summed E-state index contributed by atoms with van der Waals surface area (Å²) < 4.78 is 5.56. The molecule has 1 saturated heterocycles. The van der Waals surface area contributed by atoms with E-state index in [1.807, 2.05) is 11.8 Å². The minimum absolute atomic E-state index is 0.548. The molecule has 2 atom stereocenters. The van der Waals surface area contributed by atoms with Crippen LogP contribution in [0.25, 0.3) is 0 Å². The first-order valence-electron chi connectivity index (χ1n) is 6.72. The quantitative estimate of drug-likeness (QED) is 0.912. The Kier molecular flexibility index (Phi) is 3.59. The molecule has 1 saturated carbocycles. The van der Waals surface area contributed by atoms with Crippen molar-refractivity contribution in [2.75, 3.05) is 5.75 Å². The van der Waals surface area contributed by atoms with Crippen molar-refractivity contribution < 1.29 is 4.42 Å². The summed E-state index contributed by atoms with van der Waals surface area (Å²) in [4.78, 5) is 8.80. The predicted octanol–water partition coefficient (Wildman–Crippen LogP) is 2.60. The largest absolute Gasteiger partial charge is 0.444 e. The lowest BCUT2D eigenvalue weighted by molar-refractivity contribution is 0.459. The van der Waals surface area contributed by atoms with Gasteiger partial charge in [0.15, 0.2) is 5.17 Å². The van der Waals surface area contributed by atoms with Crippen LogP contribution in [0.4, 0.5) is 0 Å². The van der Waals surface area contributed by atoms with E-state index in [2.05, 4.69) is 22.2 Å². The van der Waals surface area contributed by atoms with Crippen LogP contribution in [0.2, 0.25) is 0 Å². The van der Waals surface area contributed by atoms with E-state index >= 15 is 0 Å². The van der Waals surface area contributed by atoms with Gasteiger partial charge in [0.05, 0.1) is 6.20 Å². The Labute approximate surface area is 112 Å². The Morgan fingerprint density at radius 2 is 2.50 bits per heavy atom. The van der Waals surface area contributed by atoms with Crippen molar-refractivity contribution in [3.63, 3.8) is 0 Å². The second kappa shape index (κ2) is 5.34. The lowest BCUT2D eigenvalue weighted by Crippen LogP contribution is -2.41. The first kappa shape index (κ1) is 12.1. The summed E-state index contributed by atoms with van der Waals surface area (Å²) in [6.45, 7) is 2.61. The first-order chi connectivity index (χ1) is 8.85. The van der Waals surface area contributed by atoms with Gasteiger partial charge >= 0.3 is 0 Å². The third-order valence-corrected chi connectivity index (χ3v) is 4.83. The zero-order valence-electron chi connectivity index (χ0n) is 10.7. The fraction of sp³-hybridized carbons (Fsp3) is 0.692. The molecule has 5 heteroatoms. The average Bonchev–Trinajstić information content (AvgIpc) is 3.04. The number of amidine groups is 1. The number of aliphatic imine (C=N–C) groups is 1. The maximum absolute atomic E-state index is 5.56. The number of aryl methyl sites for hydroxylation is 1. The number of aromatic nitrogens is 1. The summed E-state index contributed by atoms with van der Waals surface area (Å²) >= 11 is 1.84. The van der Waals surface area contributed by atoms with Crippen molar-refractivity contribution in [3.8, 4) is 0 Å². The van der Waals surface area contributed by atoms with Gasteiger partial charge in [-0.2, -0.15) is 0 Å². The van der Waals surface area contributed by atoms with Gasteiger partial charge in [0.25, 0.3) is 0 Å². The van der Waals surface area contributed by atoms with Gasteiger partial charge < -0.3 is 9.73 Å². The van der Waals surface area contributed by atoms with Crippen molar-refractivity contribution >= 4 is 16.9 Å². The molecule has 1 aliphatic carbocycles. The predicted molar refractivity (Wildman–Crippen MR) is 73.7 cm³/mol. The van der Waals surface area contributed by atoms with Crippen LogP contribution in [-0.2, 0) is 13.0 Å². The van der Waals surface area contributed by atoms with E-state index in [0.29, 0.717) is 12.6 Å². The smallest absolute Gasteiger partial charge is 0.216 e. The van der Waals surface area contributed by atoms with Crippen molar-refractivity contribution in [2.24, 2.45) is 10.9 Å². The molecule has 2 unspecified atom stereocenters. The minimum Gasteiger partial charge on any atom is -0.444 e. The Balaban J connectivity index is 1.59. The van der Waals surface area contributed by atoms with Crippen molar-refractivity contribution in [2.45, 2.75) is 45.2 Å². The molecule has 2 heterocycles. The van der Waals surface area contributed by atoms with Gasteiger partial charge in [-0.1, -0.05) is 25.1 Å². The van der Waals surface area contributed by atoms with Crippen LogP contribution in [0, 0.1) is 5.92 Å². The van der Waals surface area contributed by atoms with Crippen LogP contribution in [-0.4, -0.2) is 21.9 Å². The molecular formula is C13H19N3OS. The highest BCUT2D eigenvalue weighted by Crippen LogP contribution is 2.32. The van der Waals surface area contributed by atoms with E-state index in [9.17, 15) is 0 Å². The fourth-order valence-corrected chi connectivity index (χ4v) is 3.79. The second-order valence-electron chi connectivity index (χ2n) is 4.95. The maximum atomic E-state index is 5.56. The molecule has 1 aromatic rings. The van der Waals surface area contributed by atoms with Gasteiger partial charge in [-0.25, -0.2) is 4.98 Å². The lowest BCUT2D eigenvalue weighted by atomic mass is 10.1. The van der Waals surface area contributed by atoms with Gasteiger partial charge in [-0.05, 0) is 18.8 Å². The minimum atomic E-state index is 0.548. The summed E-state index contributed by atoms with van der Waals surface area (Å²) in [6, 6.07) is 0.653. The zero-order chi connectivity index (χ0) is 12.4. The molecule has 0 bridgehead atoms. The number of rotatable bonds is 3. The van der Waals surface area contributed by atoms with E-state index in [4.69, 9.17) is 4.42 Å². The molecule has 4 nitrogen and oxygen atoms in total. The van der Waals surface area contributed by atoms with Gasteiger partial charge in [0.2, 0.25) is 5.89 Å². The number of hydrogen-bond acceptors (Lipinski definition) is 4. The SMILES string of the molecule is CCc1cnc(CN=C2NC3CCCC3CS2)o1. The van der Waals surface area contributed by atoms with E-state index in [0.717, 1.165) is 29.2 Å². The van der Waals surface area contributed by atoms with E-state index in [1.165, 1.54) is 25.0 Å². The highest BCUT2D eigenvalue weighted by atomic mass is 32.2. The molecule has 0 spiro atoms. The number of oxazole rings is 1. The lowest BCUT2D eigenvalue weighted by Gasteiger charge is -2.27. The summed E-state index contributed by atoms with van der Waals surface area (Å²) in [6.07, 6.45) is 6.71. The van der Waals surface area contributed by atoms with Crippen molar-refractivity contribution in [1.82, 2.24) is 10.3 Å². The van der Waals surface area contributed by atoms with E-state index in [1.54, 1.807) is 6.20 Å². The number of hydrogen-bond donors (Lipinski definition) is 1. The third-order valence-electron chi connectivity index (χ3n) is 3.71. The summed E-state index contributed by atoms with van der Waals surface area (Å²) in [5.74, 6) is 3.71.